The normalized spacial score (nSPS) is 20.4. The lowest BCUT2D eigenvalue weighted by molar-refractivity contribution is -0.143. The summed E-state index contributed by atoms with van der Waals surface area (Å²) in [6, 6.07) is 52.8. The topological polar surface area (TPSA) is 259 Å². The number of rotatable bonds is 12. The van der Waals surface area contributed by atoms with Crippen LogP contribution in [0.5, 0.6) is 0 Å². The monoisotopic (exact) mass is 1970 g/mol. The lowest BCUT2D eigenvalue weighted by Gasteiger charge is -2.31. The first-order chi connectivity index (χ1) is 64.2. The number of carbonyl (C=O) groups excluding carboxylic acids is 6. The van der Waals surface area contributed by atoms with E-state index in [4.69, 9.17) is 86.7 Å². The van der Waals surface area contributed by atoms with Gasteiger partial charge in [0.05, 0.1) is 123 Å². The molecule has 1 aliphatic carbocycles. The van der Waals surface area contributed by atoms with Crippen LogP contribution in [0, 0.1) is 11.8 Å². The number of anilines is 4. The number of nitrogens with one attached hydrogen (secondary N) is 4. The van der Waals surface area contributed by atoms with Crippen LogP contribution < -0.4 is 40.9 Å². The second kappa shape index (κ2) is 43.2. The molecule has 7 atom stereocenters. The van der Waals surface area contributed by atoms with Gasteiger partial charge in [0, 0.05) is 146 Å². The van der Waals surface area contributed by atoms with E-state index >= 15 is 0 Å². The molecule has 6 aromatic heterocycles. The van der Waals surface area contributed by atoms with Crippen LogP contribution in [0.4, 0.5) is 20.1 Å². The summed E-state index contributed by atoms with van der Waals surface area (Å²) in [6.07, 6.45) is 4.60. The van der Waals surface area contributed by atoms with Crippen molar-refractivity contribution in [2.24, 2.45) is 0 Å². The van der Waals surface area contributed by atoms with Crippen molar-refractivity contribution < 1.29 is 57.6 Å². The number of hydrogen-bond acceptors (Lipinski definition) is 24. The Morgan fingerprint density at radius 3 is 1.66 bits per heavy atom. The molecule has 4 amide bonds. The molecule has 0 spiro atoms. The predicted molar refractivity (Wildman–Crippen MR) is 529 cm³/mol. The Hall–Kier alpha value is -9.85. The average molecular weight is 1970 g/mol. The number of aliphatic hydroxyl groups excluding tert-OH is 1. The van der Waals surface area contributed by atoms with Gasteiger partial charge in [0.15, 0.2) is 10.9 Å². The van der Waals surface area contributed by atoms with Gasteiger partial charge in [0.25, 0.3) is 23.6 Å². The van der Waals surface area contributed by atoms with Gasteiger partial charge in [0.1, 0.15) is 15.9 Å². The van der Waals surface area contributed by atoms with Crippen molar-refractivity contribution in [3.63, 3.8) is 0 Å². The number of methoxy groups -OCH3 is 1. The van der Waals surface area contributed by atoms with Crippen molar-refractivity contribution in [2.45, 2.75) is 61.0 Å². The molecule has 0 radical (unpaired) electrons. The van der Waals surface area contributed by atoms with Crippen molar-refractivity contribution in [1.29, 1.82) is 0 Å². The highest BCUT2D eigenvalue weighted by atomic mass is 35.5. The number of aromatic nitrogens is 2. The van der Waals surface area contributed by atoms with Crippen molar-refractivity contribution in [2.75, 3.05) is 172 Å². The van der Waals surface area contributed by atoms with Gasteiger partial charge in [-0.3, -0.25) is 33.9 Å². The molecule has 5 N–H and O–H groups in total. The molecule has 0 bridgehead atoms. The highest BCUT2D eigenvalue weighted by Crippen LogP contribution is 2.49. The summed E-state index contributed by atoms with van der Waals surface area (Å²) >= 11 is 38.0. The molecule has 21 rings (SSSR count). The van der Waals surface area contributed by atoms with Gasteiger partial charge >= 0.3 is 5.97 Å². The summed E-state index contributed by atoms with van der Waals surface area (Å²) in [7, 11) is 5.32. The number of amides is 4. The van der Waals surface area contributed by atoms with E-state index in [-0.39, 0.29) is 53.1 Å². The van der Waals surface area contributed by atoms with Gasteiger partial charge in [-0.1, -0.05) is 166 Å². The summed E-state index contributed by atoms with van der Waals surface area (Å²) in [5.74, 6) is 5.81. The molecule has 4 saturated heterocycles. The first-order valence-electron chi connectivity index (χ1n) is 43.8. The van der Waals surface area contributed by atoms with E-state index in [0.29, 0.717) is 104 Å². The van der Waals surface area contributed by atoms with Crippen molar-refractivity contribution >= 4 is 181 Å². The lowest BCUT2D eigenvalue weighted by Crippen LogP contribution is -2.49. The molecule has 12 aromatic rings. The van der Waals surface area contributed by atoms with Crippen LogP contribution in [0.25, 0.3) is 21.2 Å². The molecule has 132 heavy (non-hydrogen) atoms. The van der Waals surface area contributed by atoms with E-state index in [0.717, 1.165) is 177 Å². The van der Waals surface area contributed by atoms with Crippen molar-refractivity contribution in [1.82, 2.24) is 36.1 Å². The molecule has 0 saturated carbocycles. The summed E-state index contributed by atoms with van der Waals surface area (Å²) in [5, 5.41) is 32.2. The molecular formula is C99H96Cl5N11O12S5. The van der Waals surface area contributed by atoms with Crippen molar-refractivity contribution in [3.8, 4) is 22.3 Å². The quantitative estimate of drug-likeness (QED) is 0.0433. The largest absolute Gasteiger partial charge is 0.467 e. The first kappa shape index (κ1) is 93.9. The molecule has 14 heterocycles. The first-order valence-corrected chi connectivity index (χ1v) is 49.7. The number of ether oxygens (including phenoxy) is 5. The second-order valence-corrected chi connectivity index (χ2v) is 40.3. The van der Waals surface area contributed by atoms with E-state index in [1.165, 1.54) is 63.0 Å². The SMILES string of the molecule is CN(C)CC#Cc1c(N2CCOCC2)sc2c1C(c1ccc(Cl)cc1)CNC2=O.COC(=O)[C@@H]1NC(=O)c2sc(N3CCOCC3)cc2[C@H]1c1ccc(Cl)c(Cl)c1.O=C1CCC(O)C(c2ccc(Cl)cc2)c2cc(-c3ccncc3)sc21.O=C1NCC(c2ccc(Cl)cc2)c2cc(N3CCOCC3)sc21.O=C1NCCC(c2ccc3ccccc3c2)c2nc(N3CCOCC3)sc21. The number of pyridine rings is 1. The van der Waals surface area contributed by atoms with Crippen LogP contribution in [0.15, 0.2) is 176 Å². The van der Waals surface area contributed by atoms with Gasteiger partial charge in [-0.15, -0.1) is 45.3 Å². The Morgan fingerprint density at radius 2 is 1.05 bits per heavy atom. The number of aliphatic hydroxyl groups is 1. The van der Waals surface area contributed by atoms with E-state index in [9.17, 15) is 33.9 Å². The number of hydrogen-bond donors (Lipinski definition) is 5. The fourth-order valence-corrected chi connectivity index (χ4v) is 24.3. The van der Waals surface area contributed by atoms with E-state index < -0.39 is 24.0 Å². The number of benzene rings is 6. The van der Waals surface area contributed by atoms with Gasteiger partial charge in [-0.25, -0.2) is 9.78 Å². The van der Waals surface area contributed by atoms with Crippen LogP contribution in [0.1, 0.15) is 159 Å². The molecule has 9 aliphatic rings. The van der Waals surface area contributed by atoms with Crippen LogP contribution in [-0.2, 0) is 28.5 Å². The van der Waals surface area contributed by atoms with Crippen LogP contribution in [0.2, 0.25) is 25.1 Å². The Kier molecular flexibility index (Phi) is 30.8. The third-order valence-electron chi connectivity index (χ3n) is 24.5. The van der Waals surface area contributed by atoms with Gasteiger partial charge in [-0.05, 0) is 167 Å². The number of thiophene rings is 4. The molecule has 23 nitrogen and oxygen atoms in total. The molecule has 6 aromatic carbocycles. The highest BCUT2D eigenvalue weighted by molar-refractivity contribution is 7.19. The van der Waals surface area contributed by atoms with Crippen LogP contribution in [-0.4, -0.2) is 220 Å². The second-order valence-electron chi connectivity index (χ2n) is 33.1. The Morgan fingerprint density at radius 1 is 0.508 bits per heavy atom. The molecule has 684 valence electrons. The summed E-state index contributed by atoms with van der Waals surface area (Å²) in [6.45, 7) is 14.7. The zero-order valence-electron chi connectivity index (χ0n) is 72.5. The number of fused-ring (bicyclic) bond motifs is 6. The van der Waals surface area contributed by atoms with E-state index in [2.05, 4.69) is 106 Å². The number of morpholine rings is 4. The number of nitrogens with zero attached hydrogens (tertiary/aromatic N) is 7. The van der Waals surface area contributed by atoms with E-state index in [1.807, 2.05) is 122 Å². The van der Waals surface area contributed by atoms with Crippen LogP contribution in [0.3, 0.4) is 0 Å². The number of esters is 1. The van der Waals surface area contributed by atoms with Crippen molar-refractivity contribution in [3.05, 3.63) is 287 Å². The maximum absolute atomic E-state index is 12.7. The van der Waals surface area contributed by atoms with Gasteiger partial charge < -0.3 is 69.7 Å². The minimum Gasteiger partial charge on any atom is -0.467 e. The average Bonchev–Trinajstić information content (AvgIpc) is 1.59. The minimum atomic E-state index is -0.839. The lowest BCUT2D eigenvalue weighted by atomic mass is 9.82. The molecule has 8 aliphatic heterocycles. The molecule has 5 unspecified atom stereocenters. The number of carbonyl (C=O) groups is 6. The number of thiazole rings is 1. The number of ketones is 1. The summed E-state index contributed by atoms with van der Waals surface area (Å²) < 4.78 is 26.8. The maximum Gasteiger partial charge on any atom is 0.329 e. The molecule has 4 fully saturated rings. The maximum atomic E-state index is 12.7. The molecular weight excluding hydrogens is 1870 g/mol. The fourth-order valence-electron chi connectivity index (χ4n) is 17.7. The van der Waals surface area contributed by atoms with Gasteiger partial charge in [0.2, 0.25) is 0 Å². The standard InChI is InChI=1S/C22H24ClN3O2S.C21H21N3O2S.C20H16ClNO2S.C19H18Cl2N2O4S.C17H17ClN2O2S/c1-25(2)9-3-4-17-19-18(15-5-7-16(23)8-6-15)14-24-21(27)20(19)29-22(17)26-10-12-28-13-11-26;25-20-19-18(23-21(27-19)24-9-11-26-12-10-24)17(7-8-22-20)16-6-5-14-3-1-2-4-15(14)13-16;21-14-3-1-13(2-4-14)19-15-11-18(12-7-9-22-10-8-12)25-20(15)17(24)6-5-16(19)23;1-26-19(25)16-15(10-2-3-12(20)13(21)8-10)11-9-14(23-4-6-27-7-5-23)28-17(11)18(24)22-16;18-12-3-1-11(2-4-12)14-10-19-17(21)16-13(14)9-15(23-16)20-5-7-22-8-6-20/h5-8,18H,9-14H2,1-2H3,(H,24,27);1-6,13,17H,7-12H2,(H,22,25);1-4,7-11,16,19,23H,5-6H2;2-3,8-9,15-16H,4-7H2,1H3,(H,22,24);1-4,9,14H,5-8,10H2,(H,19,21)/t;;;15-,16-;/m...1./s1. The zero-order valence-corrected chi connectivity index (χ0v) is 80.4. The zero-order chi connectivity index (χ0) is 91.6. The Bertz CT molecular complexity index is 6240. The number of Topliss-reactive ketones (excluding diaryl/α,β-unsaturated/α-hetero) is 1. The van der Waals surface area contributed by atoms with Gasteiger partial charge in [-0.2, -0.15) is 0 Å². The fraction of sp³-hybridized carbons (Fsp3) is 0.333. The third kappa shape index (κ3) is 21.4. The Labute approximate surface area is 810 Å². The highest BCUT2D eigenvalue weighted by Gasteiger charge is 2.43. The molecule has 33 heteroatoms. The summed E-state index contributed by atoms with van der Waals surface area (Å²) in [4.78, 5) is 100. The smallest absolute Gasteiger partial charge is 0.329 e. The number of halogens is 5. The summed E-state index contributed by atoms with van der Waals surface area (Å²) in [5.41, 5.74) is 12.1. The predicted octanol–water partition coefficient (Wildman–Crippen LogP) is 17.8. The Balaban J connectivity index is 0.000000115. The van der Waals surface area contributed by atoms with Crippen LogP contribution >= 0.6 is 115 Å². The third-order valence-corrected chi connectivity index (χ3v) is 32.0. The van der Waals surface area contributed by atoms with E-state index in [1.54, 1.807) is 47.2 Å². The minimum absolute atomic E-state index is 0.00491.